The molecule has 92 valence electrons. The van der Waals surface area contributed by atoms with Gasteiger partial charge in [-0.05, 0) is 24.3 Å². The van der Waals surface area contributed by atoms with Gasteiger partial charge in [0.1, 0.15) is 0 Å². The van der Waals surface area contributed by atoms with Gasteiger partial charge in [-0.2, -0.15) is 0 Å². The lowest BCUT2D eigenvalue weighted by molar-refractivity contribution is 0.505. The van der Waals surface area contributed by atoms with Crippen LogP contribution in [-0.4, -0.2) is 4.21 Å². The number of benzene rings is 2. The fourth-order valence-corrected chi connectivity index (χ4v) is 3.30. The lowest BCUT2D eigenvalue weighted by atomic mass is 10.1. The van der Waals surface area contributed by atoms with E-state index < -0.39 is 34.1 Å². The van der Waals surface area contributed by atoms with Crippen molar-refractivity contribution >= 4 is 10.8 Å². The standard InChI is InChI=1S/C12H4F4OS/c13-7-1-5-6-2-8(14)10(16)4-12(6)18(17)11(5)3-9(7)15/h1-4H. The van der Waals surface area contributed by atoms with E-state index in [-0.39, 0.29) is 20.9 Å². The summed E-state index contributed by atoms with van der Waals surface area (Å²) in [6, 6.07) is 3.25. The normalized spacial score (nSPS) is 13.6. The zero-order valence-electron chi connectivity index (χ0n) is 8.64. The molecule has 2 aromatic rings. The van der Waals surface area contributed by atoms with Crippen LogP contribution in [0.25, 0.3) is 11.1 Å². The minimum absolute atomic E-state index is 0.0221. The number of hydrogen-bond donors (Lipinski definition) is 0. The van der Waals surface area contributed by atoms with Crippen LogP contribution in [0.3, 0.4) is 0 Å². The molecule has 0 unspecified atom stereocenters. The summed E-state index contributed by atoms with van der Waals surface area (Å²) in [5.74, 6) is -4.53. The Labute approximate surface area is 102 Å². The second kappa shape index (κ2) is 3.65. The van der Waals surface area contributed by atoms with Crippen LogP contribution in [0, 0.1) is 23.3 Å². The van der Waals surface area contributed by atoms with Crippen LogP contribution in [0.1, 0.15) is 0 Å². The van der Waals surface area contributed by atoms with E-state index in [1.807, 2.05) is 0 Å². The van der Waals surface area contributed by atoms with E-state index in [1.54, 1.807) is 0 Å². The molecular formula is C12H4F4OS. The van der Waals surface area contributed by atoms with Gasteiger partial charge in [0.15, 0.2) is 23.3 Å². The molecule has 1 aliphatic heterocycles. The molecule has 0 atom stereocenters. The molecule has 0 aromatic heterocycles. The summed E-state index contributed by atoms with van der Waals surface area (Å²) in [5.41, 5.74) is 0.252. The van der Waals surface area contributed by atoms with Crippen molar-refractivity contribution in [2.75, 3.05) is 0 Å². The Hall–Kier alpha value is -1.69. The maximum atomic E-state index is 13.1. The zero-order chi connectivity index (χ0) is 13.0. The molecule has 0 aliphatic carbocycles. The van der Waals surface area contributed by atoms with Gasteiger partial charge in [0.05, 0.1) is 20.6 Å². The maximum Gasteiger partial charge on any atom is 0.160 e. The van der Waals surface area contributed by atoms with Crippen molar-refractivity contribution in [3.05, 3.63) is 47.5 Å². The third kappa shape index (κ3) is 1.42. The number of fused-ring (bicyclic) bond motifs is 3. The van der Waals surface area contributed by atoms with Crippen LogP contribution in [0.4, 0.5) is 17.6 Å². The van der Waals surface area contributed by atoms with E-state index in [9.17, 15) is 21.8 Å². The summed E-state index contributed by atoms with van der Waals surface area (Å²) in [7, 11) is -1.82. The SMILES string of the molecule is O=S1c2cc(F)c(F)cc2-c2cc(F)c(F)cc21. The Morgan fingerprint density at radius 1 is 0.667 bits per heavy atom. The van der Waals surface area contributed by atoms with E-state index in [0.717, 1.165) is 24.3 Å². The molecule has 0 saturated heterocycles. The maximum absolute atomic E-state index is 13.1. The second-order valence-corrected chi connectivity index (χ2v) is 5.21. The van der Waals surface area contributed by atoms with Gasteiger partial charge in [0.25, 0.3) is 0 Å². The predicted octanol–water partition coefficient (Wildman–Crippen LogP) is 3.39. The molecule has 3 rings (SSSR count). The summed E-state index contributed by atoms with van der Waals surface area (Å²) >= 11 is 0. The molecule has 6 heteroatoms. The first kappa shape index (κ1) is 11.4. The molecule has 0 amide bonds. The molecular weight excluding hydrogens is 268 g/mol. The molecule has 0 bridgehead atoms. The molecule has 18 heavy (non-hydrogen) atoms. The summed E-state index contributed by atoms with van der Waals surface area (Å²) in [6.07, 6.45) is 0. The molecule has 1 aliphatic rings. The highest BCUT2D eigenvalue weighted by molar-refractivity contribution is 7.85. The predicted molar refractivity (Wildman–Crippen MR) is 56.4 cm³/mol. The lowest BCUT2D eigenvalue weighted by Gasteiger charge is -2.00. The molecule has 0 N–H and O–H groups in total. The third-order valence-corrected chi connectivity index (χ3v) is 4.21. The number of halogens is 4. The van der Waals surface area contributed by atoms with Gasteiger partial charge in [-0.3, -0.25) is 0 Å². The van der Waals surface area contributed by atoms with Crippen LogP contribution in [0.2, 0.25) is 0 Å². The van der Waals surface area contributed by atoms with Crippen LogP contribution in [0.15, 0.2) is 34.1 Å². The van der Waals surface area contributed by atoms with Gasteiger partial charge in [-0.15, -0.1) is 0 Å². The van der Waals surface area contributed by atoms with E-state index in [1.165, 1.54) is 0 Å². The summed E-state index contributed by atoms with van der Waals surface area (Å²) < 4.78 is 64.4. The van der Waals surface area contributed by atoms with E-state index >= 15 is 0 Å². The summed E-state index contributed by atoms with van der Waals surface area (Å²) in [4.78, 5) is 0.0443. The number of rotatable bonds is 0. The topological polar surface area (TPSA) is 17.1 Å². The van der Waals surface area contributed by atoms with Crippen molar-refractivity contribution in [1.29, 1.82) is 0 Å². The van der Waals surface area contributed by atoms with Crippen LogP contribution < -0.4 is 0 Å². The van der Waals surface area contributed by atoms with E-state index in [2.05, 4.69) is 0 Å². The first-order valence-electron chi connectivity index (χ1n) is 4.89. The van der Waals surface area contributed by atoms with Crippen molar-refractivity contribution in [2.45, 2.75) is 9.79 Å². The van der Waals surface area contributed by atoms with Gasteiger partial charge >= 0.3 is 0 Å². The average Bonchev–Trinajstić information content (AvgIpc) is 2.56. The Morgan fingerprint density at radius 3 is 1.39 bits per heavy atom. The molecule has 1 heterocycles. The highest BCUT2D eigenvalue weighted by Gasteiger charge is 2.29. The largest absolute Gasteiger partial charge is 0.249 e. The Balaban J connectivity index is 2.37. The first-order chi connectivity index (χ1) is 8.49. The van der Waals surface area contributed by atoms with Crippen molar-refractivity contribution in [1.82, 2.24) is 0 Å². The Morgan fingerprint density at radius 2 is 1.00 bits per heavy atom. The monoisotopic (exact) mass is 272 g/mol. The Bertz CT molecular complexity index is 652. The van der Waals surface area contributed by atoms with Gasteiger partial charge in [0, 0.05) is 11.1 Å². The molecule has 0 saturated carbocycles. The average molecular weight is 272 g/mol. The molecule has 2 aromatic carbocycles. The lowest BCUT2D eigenvalue weighted by Crippen LogP contribution is -1.91. The van der Waals surface area contributed by atoms with Gasteiger partial charge in [-0.25, -0.2) is 21.8 Å². The second-order valence-electron chi connectivity index (χ2n) is 3.79. The van der Waals surface area contributed by atoms with Crippen molar-refractivity contribution in [2.24, 2.45) is 0 Å². The van der Waals surface area contributed by atoms with Crippen LogP contribution in [0.5, 0.6) is 0 Å². The minimum Gasteiger partial charge on any atom is -0.249 e. The summed E-state index contributed by atoms with van der Waals surface area (Å²) in [5, 5.41) is 0. The van der Waals surface area contributed by atoms with Gasteiger partial charge < -0.3 is 0 Å². The van der Waals surface area contributed by atoms with Crippen LogP contribution in [-0.2, 0) is 10.8 Å². The van der Waals surface area contributed by atoms with Crippen molar-refractivity contribution in [3.8, 4) is 11.1 Å². The first-order valence-corrected chi connectivity index (χ1v) is 6.04. The van der Waals surface area contributed by atoms with E-state index in [4.69, 9.17) is 0 Å². The minimum atomic E-state index is -1.82. The highest BCUT2D eigenvalue weighted by Crippen LogP contribution is 2.42. The molecule has 1 nitrogen and oxygen atoms in total. The van der Waals surface area contributed by atoms with E-state index in [0.29, 0.717) is 0 Å². The molecule has 0 radical (unpaired) electrons. The van der Waals surface area contributed by atoms with Gasteiger partial charge in [0.2, 0.25) is 0 Å². The zero-order valence-corrected chi connectivity index (χ0v) is 9.45. The quantitative estimate of drug-likeness (QED) is 0.573. The van der Waals surface area contributed by atoms with Crippen LogP contribution >= 0.6 is 0 Å². The smallest absolute Gasteiger partial charge is 0.160 e. The number of hydrogen-bond acceptors (Lipinski definition) is 1. The van der Waals surface area contributed by atoms with Gasteiger partial charge in [-0.1, -0.05) is 0 Å². The van der Waals surface area contributed by atoms with Crippen molar-refractivity contribution in [3.63, 3.8) is 0 Å². The molecule has 0 fully saturated rings. The summed E-state index contributed by atoms with van der Waals surface area (Å²) in [6.45, 7) is 0. The fourth-order valence-electron chi connectivity index (χ4n) is 1.90. The highest BCUT2D eigenvalue weighted by atomic mass is 32.2. The fraction of sp³-hybridized carbons (Fsp3) is 0. The Kier molecular flexibility index (Phi) is 2.31. The van der Waals surface area contributed by atoms with Crippen molar-refractivity contribution < 1.29 is 21.8 Å². The third-order valence-electron chi connectivity index (χ3n) is 2.73. The molecule has 0 spiro atoms.